The van der Waals surface area contributed by atoms with Gasteiger partial charge in [-0.3, -0.25) is 9.63 Å². The quantitative estimate of drug-likeness (QED) is 0.664. The molecule has 0 bridgehead atoms. The summed E-state index contributed by atoms with van der Waals surface area (Å²) in [5.41, 5.74) is 7.43. The van der Waals surface area contributed by atoms with Crippen LogP contribution in [0.25, 0.3) is 0 Å². The lowest BCUT2D eigenvalue weighted by Gasteiger charge is -2.22. The molecule has 1 fully saturated rings. The third-order valence-corrected chi connectivity index (χ3v) is 2.75. The molecule has 82 valence electrons. The Labute approximate surface area is 85.1 Å². The fraction of sp³-hybridized carbons (Fsp3) is 0.900. The molecule has 0 aromatic heterocycles. The summed E-state index contributed by atoms with van der Waals surface area (Å²) in [6.07, 6.45) is 4.68. The molecule has 1 aliphatic carbocycles. The highest BCUT2D eigenvalue weighted by Crippen LogP contribution is 2.20. The standard InChI is InChI=1S/C10H20N2O2/c1-10(2,7-11)9(13)12-14-8-5-3-4-6-8/h8H,3-7,11H2,1-2H3,(H,12,13). The van der Waals surface area contributed by atoms with Gasteiger partial charge in [0.05, 0.1) is 11.5 Å². The lowest BCUT2D eigenvalue weighted by Crippen LogP contribution is -2.42. The first-order chi connectivity index (χ1) is 6.56. The summed E-state index contributed by atoms with van der Waals surface area (Å²) in [4.78, 5) is 16.8. The maximum Gasteiger partial charge on any atom is 0.250 e. The molecule has 3 N–H and O–H groups in total. The fourth-order valence-corrected chi connectivity index (χ4v) is 1.37. The number of rotatable bonds is 4. The minimum atomic E-state index is -0.543. The Morgan fingerprint density at radius 2 is 2.07 bits per heavy atom. The van der Waals surface area contributed by atoms with Gasteiger partial charge >= 0.3 is 0 Å². The molecule has 1 aliphatic rings. The SMILES string of the molecule is CC(C)(CN)C(=O)NOC1CCCC1. The summed E-state index contributed by atoms with van der Waals surface area (Å²) in [7, 11) is 0. The van der Waals surface area contributed by atoms with Crippen molar-refractivity contribution in [3.8, 4) is 0 Å². The summed E-state index contributed by atoms with van der Waals surface area (Å²) in [6.45, 7) is 3.94. The van der Waals surface area contributed by atoms with Crippen LogP contribution in [0.5, 0.6) is 0 Å². The number of nitrogens with one attached hydrogen (secondary N) is 1. The Balaban J connectivity index is 2.26. The van der Waals surface area contributed by atoms with E-state index in [1.54, 1.807) is 13.8 Å². The van der Waals surface area contributed by atoms with Crippen molar-refractivity contribution in [1.82, 2.24) is 5.48 Å². The third-order valence-electron chi connectivity index (χ3n) is 2.75. The van der Waals surface area contributed by atoms with Crippen molar-refractivity contribution in [2.75, 3.05) is 6.54 Å². The van der Waals surface area contributed by atoms with Crippen molar-refractivity contribution in [3.63, 3.8) is 0 Å². The lowest BCUT2D eigenvalue weighted by atomic mass is 9.93. The van der Waals surface area contributed by atoms with Gasteiger partial charge in [0.1, 0.15) is 0 Å². The molecule has 0 heterocycles. The van der Waals surface area contributed by atoms with Gasteiger partial charge < -0.3 is 5.73 Å². The Bertz CT molecular complexity index is 198. The van der Waals surface area contributed by atoms with E-state index in [1.165, 1.54) is 12.8 Å². The zero-order chi connectivity index (χ0) is 10.6. The van der Waals surface area contributed by atoms with Gasteiger partial charge in [0.15, 0.2) is 0 Å². The van der Waals surface area contributed by atoms with Crippen LogP contribution in [-0.4, -0.2) is 18.6 Å². The van der Waals surface area contributed by atoms with Crippen LogP contribution in [-0.2, 0) is 9.63 Å². The van der Waals surface area contributed by atoms with E-state index in [2.05, 4.69) is 5.48 Å². The van der Waals surface area contributed by atoms with Gasteiger partial charge in [-0.15, -0.1) is 0 Å². The number of carbonyl (C=O) groups is 1. The second-order valence-electron chi connectivity index (χ2n) is 4.54. The highest BCUT2D eigenvalue weighted by atomic mass is 16.7. The highest BCUT2D eigenvalue weighted by molar-refractivity contribution is 5.81. The molecule has 14 heavy (non-hydrogen) atoms. The van der Waals surface area contributed by atoms with Gasteiger partial charge in [0.25, 0.3) is 0 Å². The van der Waals surface area contributed by atoms with Crippen molar-refractivity contribution in [2.24, 2.45) is 11.1 Å². The van der Waals surface area contributed by atoms with Crippen LogP contribution in [0.15, 0.2) is 0 Å². The highest BCUT2D eigenvalue weighted by Gasteiger charge is 2.27. The average Bonchev–Trinajstić information content (AvgIpc) is 2.66. The Kier molecular flexibility index (Phi) is 3.89. The maximum absolute atomic E-state index is 11.5. The van der Waals surface area contributed by atoms with E-state index < -0.39 is 5.41 Å². The third kappa shape index (κ3) is 2.96. The van der Waals surface area contributed by atoms with Crippen LogP contribution in [0.3, 0.4) is 0 Å². The second kappa shape index (κ2) is 4.75. The molecule has 1 saturated carbocycles. The van der Waals surface area contributed by atoms with E-state index in [0.29, 0.717) is 6.54 Å². The van der Waals surface area contributed by atoms with Crippen molar-refractivity contribution >= 4 is 5.91 Å². The maximum atomic E-state index is 11.5. The zero-order valence-corrected chi connectivity index (χ0v) is 9.01. The predicted molar refractivity (Wildman–Crippen MR) is 54.3 cm³/mol. The van der Waals surface area contributed by atoms with E-state index >= 15 is 0 Å². The minimum absolute atomic E-state index is 0.133. The van der Waals surface area contributed by atoms with Gasteiger partial charge in [0.2, 0.25) is 5.91 Å². The number of carbonyl (C=O) groups excluding carboxylic acids is 1. The first kappa shape index (κ1) is 11.5. The fourth-order valence-electron chi connectivity index (χ4n) is 1.37. The molecule has 0 aromatic carbocycles. The molecular weight excluding hydrogens is 180 g/mol. The summed E-state index contributed by atoms with van der Waals surface area (Å²) < 4.78 is 0. The van der Waals surface area contributed by atoms with Crippen molar-refractivity contribution < 1.29 is 9.63 Å². The van der Waals surface area contributed by atoms with E-state index in [0.717, 1.165) is 12.8 Å². The van der Waals surface area contributed by atoms with Crippen molar-refractivity contribution in [2.45, 2.75) is 45.6 Å². The Hall–Kier alpha value is -0.610. The van der Waals surface area contributed by atoms with E-state index in [-0.39, 0.29) is 12.0 Å². The molecule has 0 spiro atoms. The molecule has 4 nitrogen and oxygen atoms in total. The summed E-state index contributed by atoms with van der Waals surface area (Å²) in [5, 5.41) is 0. The summed E-state index contributed by atoms with van der Waals surface area (Å²) in [5.74, 6) is -0.133. The predicted octanol–water partition coefficient (Wildman–Crippen LogP) is 0.962. The molecule has 0 aliphatic heterocycles. The minimum Gasteiger partial charge on any atom is -0.329 e. The van der Waals surface area contributed by atoms with Crippen LogP contribution in [0.4, 0.5) is 0 Å². The Morgan fingerprint density at radius 3 is 2.57 bits per heavy atom. The molecule has 1 amide bonds. The van der Waals surface area contributed by atoms with E-state index in [4.69, 9.17) is 10.6 Å². The molecule has 0 unspecified atom stereocenters. The molecule has 4 heteroatoms. The first-order valence-electron chi connectivity index (χ1n) is 5.22. The summed E-state index contributed by atoms with van der Waals surface area (Å²) >= 11 is 0. The molecular formula is C10H20N2O2. The van der Waals surface area contributed by atoms with E-state index in [1.807, 2.05) is 0 Å². The van der Waals surface area contributed by atoms with Crippen LogP contribution < -0.4 is 11.2 Å². The van der Waals surface area contributed by atoms with Gasteiger partial charge in [0, 0.05) is 6.54 Å². The van der Waals surface area contributed by atoms with E-state index in [9.17, 15) is 4.79 Å². The summed E-state index contributed by atoms with van der Waals surface area (Å²) in [6, 6.07) is 0. The lowest BCUT2D eigenvalue weighted by molar-refractivity contribution is -0.146. The topological polar surface area (TPSA) is 64.4 Å². The monoisotopic (exact) mass is 200 g/mol. The molecule has 1 rings (SSSR count). The number of hydrogen-bond acceptors (Lipinski definition) is 3. The van der Waals surface area contributed by atoms with Crippen LogP contribution in [0.1, 0.15) is 39.5 Å². The number of hydroxylamine groups is 1. The van der Waals surface area contributed by atoms with Crippen LogP contribution >= 0.6 is 0 Å². The smallest absolute Gasteiger partial charge is 0.250 e. The van der Waals surface area contributed by atoms with Crippen LogP contribution in [0.2, 0.25) is 0 Å². The van der Waals surface area contributed by atoms with Crippen molar-refractivity contribution in [3.05, 3.63) is 0 Å². The number of hydrogen-bond donors (Lipinski definition) is 2. The Morgan fingerprint density at radius 1 is 1.50 bits per heavy atom. The molecule has 0 saturated heterocycles. The average molecular weight is 200 g/mol. The number of nitrogens with two attached hydrogens (primary N) is 1. The molecule has 0 radical (unpaired) electrons. The largest absolute Gasteiger partial charge is 0.329 e. The van der Waals surface area contributed by atoms with Gasteiger partial charge in [-0.25, -0.2) is 5.48 Å². The van der Waals surface area contributed by atoms with Crippen LogP contribution in [0, 0.1) is 5.41 Å². The zero-order valence-electron chi connectivity index (χ0n) is 9.01. The van der Waals surface area contributed by atoms with Crippen molar-refractivity contribution in [1.29, 1.82) is 0 Å². The molecule has 0 aromatic rings. The first-order valence-corrected chi connectivity index (χ1v) is 5.22. The molecule has 0 atom stereocenters. The number of amides is 1. The van der Waals surface area contributed by atoms with Gasteiger partial charge in [-0.1, -0.05) is 12.8 Å². The van der Waals surface area contributed by atoms with Gasteiger partial charge in [-0.2, -0.15) is 0 Å². The van der Waals surface area contributed by atoms with Gasteiger partial charge in [-0.05, 0) is 26.7 Å². The normalized spacial score (nSPS) is 18.5. The second-order valence-corrected chi connectivity index (χ2v) is 4.54.